The molecule has 0 aliphatic carbocycles. The molecule has 166 valence electrons. The van der Waals surface area contributed by atoms with E-state index < -0.39 is 0 Å². The summed E-state index contributed by atoms with van der Waals surface area (Å²) in [5.74, 6) is 2.19. The largest absolute Gasteiger partial charge is 0.487 e. The van der Waals surface area contributed by atoms with Gasteiger partial charge in [0.15, 0.2) is 0 Å². The lowest BCUT2D eigenvalue weighted by molar-refractivity contribution is 0.158. The standard InChI is InChI=1S/C24H26ClN5O2/c1-28-9-2-3-17-14-29(15-22(17)28)23-7-6-20(13-27-23)30-10-8-21(11-24(30)31)32-16-19-5-4-18(25)12-26-19/h4-8,10-13,17,22H,2-3,9,14-16H2,1H3/t17-,22+/m1/s1. The Hall–Kier alpha value is -2.90. The Balaban J connectivity index is 1.26. The van der Waals surface area contributed by atoms with Crippen LogP contribution < -0.4 is 15.2 Å². The highest BCUT2D eigenvalue weighted by molar-refractivity contribution is 6.30. The van der Waals surface area contributed by atoms with Gasteiger partial charge in [0.2, 0.25) is 0 Å². The SMILES string of the molecule is CN1CCC[C@@H]2CN(c3ccc(-n4ccc(OCc5ccc(Cl)cn5)cc4=O)cn3)C[C@@H]21. The second-order valence-corrected chi connectivity index (χ2v) is 8.99. The van der Waals surface area contributed by atoms with E-state index in [0.29, 0.717) is 22.7 Å². The summed E-state index contributed by atoms with van der Waals surface area (Å²) in [6.07, 6.45) is 7.62. The first-order valence-corrected chi connectivity index (χ1v) is 11.3. The molecule has 0 unspecified atom stereocenters. The Morgan fingerprint density at radius 3 is 2.75 bits per heavy atom. The quantitative estimate of drug-likeness (QED) is 0.592. The number of aromatic nitrogens is 3. The Morgan fingerprint density at radius 2 is 2.03 bits per heavy atom. The van der Waals surface area contributed by atoms with Crippen LogP contribution in [0.15, 0.2) is 59.8 Å². The molecule has 32 heavy (non-hydrogen) atoms. The molecule has 2 fully saturated rings. The van der Waals surface area contributed by atoms with Crippen molar-refractivity contribution >= 4 is 17.4 Å². The fourth-order valence-corrected chi connectivity index (χ4v) is 4.83. The van der Waals surface area contributed by atoms with Crippen molar-refractivity contribution in [3.63, 3.8) is 0 Å². The number of rotatable bonds is 5. The van der Waals surface area contributed by atoms with E-state index >= 15 is 0 Å². The molecule has 0 aromatic carbocycles. The molecular formula is C24H26ClN5O2. The molecule has 5 rings (SSSR count). The van der Waals surface area contributed by atoms with Gasteiger partial charge < -0.3 is 14.5 Å². The van der Waals surface area contributed by atoms with Crippen LogP contribution in [-0.2, 0) is 6.61 Å². The van der Waals surface area contributed by atoms with Crippen LogP contribution in [0.25, 0.3) is 5.69 Å². The number of anilines is 1. The molecule has 8 heteroatoms. The smallest absolute Gasteiger partial charge is 0.258 e. The van der Waals surface area contributed by atoms with Gasteiger partial charge in [-0.2, -0.15) is 0 Å². The van der Waals surface area contributed by atoms with Crippen LogP contribution in [0.4, 0.5) is 5.82 Å². The number of likely N-dealkylation sites (tertiary alicyclic amines) is 1. The lowest BCUT2D eigenvalue weighted by Crippen LogP contribution is -2.42. The average molecular weight is 452 g/mol. The molecule has 0 bridgehead atoms. The number of hydrogen-bond donors (Lipinski definition) is 0. The monoisotopic (exact) mass is 451 g/mol. The molecule has 2 aliphatic heterocycles. The van der Waals surface area contributed by atoms with Gasteiger partial charge in [-0.1, -0.05) is 11.6 Å². The summed E-state index contributed by atoms with van der Waals surface area (Å²) >= 11 is 5.85. The van der Waals surface area contributed by atoms with Crippen molar-refractivity contribution in [1.29, 1.82) is 0 Å². The summed E-state index contributed by atoms with van der Waals surface area (Å²) in [5.41, 5.74) is 1.31. The second kappa shape index (κ2) is 8.92. The number of fused-ring (bicyclic) bond motifs is 1. The van der Waals surface area contributed by atoms with Crippen molar-refractivity contribution in [3.8, 4) is 11.4 Å². The van der Waals surface area contributed by atoms with Gasteiger partial charge in [-0.3, -0.25) is 14.3 Å². The first kappa shape index (κ1) is 21.0. The third-order valence-electron chi connectivity index (χ3n) is 6.46. The first-order chi connectivity index (χ1) is 15.6. The molecule has 5 heterocycles. The Morgan fingerprint density at radius 1 is 1.12 bits per heavy atom. The highest BCUT2D eigenvalue weighted by Crippen LogP contribution is 2.32. The fraction of sp³-hybridized carbons (Fsp3) is 0.375. The van der Waals surface area contributed by atoms with Crippen LogP contribution in [0.5, 0.6) is 5.75 Å². The predicted octanol–water partition coefficient (Wildman–Crippen LogP) is 3.39. The summed E-state index contributed by atoms with van der Waals surface area (Å²) in [6.45, 7) is 3.52. The minimum atomic E-state index is -0.171. The Labute approximate surface area is 192 Å². The van der Waals surface area contributed by atoms with Gasteiger partial charge >= 0.3 is 0 Å². The van der Waals surface area contributed by atoms with E-state index in [9.17, 15) is 4.79 Å². The molecule has 2 aliphatic rings. The van der Waals surface area contributed by atoms with Gasteiger partial charge in [-0.25, -0.2) is 4.98 Å². The molecule has 3 aromatic heterocycles. The van der Waals surface area contributed by atoms with Crippen molar-refractivity contribution in [2.45, 2.75) is 25.5 Å². The van der Waals surface area contributed by atoms with E-state index in [4.69, 9.17) is 16.3 Å². The molecule has 0 radical (unpaired) electrons. The van der Waals surface area contributed by atoms with Crippen LogP contribution in [0, 0.1) is 5.92 Å². The summed E-state index contributed by atoms with van der Waals surface area (Å²) in [7, 11) is 2.22. The minimum Gasteiger partial charge on any atom is -0.487 e. The average Bonchev–Trinajstić information content (AvgIpc) is 3.25. The maximum absolute atomic E-state index is 12.7. The molecular weight excluding hydrogens is 426 g/mol. The molecule has 3 aromatic rings. The number of hydrogen-bond acceptors (Lipinski definition) is 6. The van der Waals surface area contributed by atoms with Gasteiger partial charge in [0.1, 0.15) is 18.2 Å². The van der Waals surface area contributed by atoms with Gasteiger partial charge in [-0.15, -0.1) is 0 Å². The zero-order valence-corrected chi connectivity index (χ0v) is 18.8. The fourth-order valence-electron chi connectivity index (χ4n) is 4.71. The second-order valence-electron chi connectivity index (χ2n) is 8.56. The summed E-state index contributed by atoms with van der Waals surface area (Å²) in [6, 6.07) is 11.4. The third kappa shape index (κ3) is 4.36. The lowest BCUT2D eigenvalue weighted by atomic mass is 9.93. The van der Waals surface area contributed by atoms with E-state index in [-0.39, 0.29) is 12.2 Å². The molecule has 7 nitrogen and oxygen atoms in total. The maximum atomic E-state index is 12.7. The van der Waals surface area contributed by atoms with Crippen molar-refractivity contribution in [2.24, 2.45) is 5.92 Å². The van der Waals surface area contributed by atoms with Crippen LogP contribution in [-0.4, -0.2) is 52.2 Å². The van der Waals surface area contributed by atoms with Crippen molar-refractivity contribution in [3.05, 3.63) is 76.1 Å². The van der Waals surface area contributed by atoms with Crippen molar-refractivity contribution in [2.75, 3.05) is 31.6 Å². The van der Waals surface area contributed by atoms with Gasteiger partial charge in [-0.05, 0) is 62.7 Å². The van der Waals surface area contributed by atoms with Crippen molar-refractivity contribution in [1.82, 2.24) is 19.4 Å². The molecule has 0 spiro atoms. The highest BCUT2D eigenvalue weighted by atomic mass is 35.5. The number of halogens is 1. The van der Waals surface area contributed by atoms with Gasteiger partial charge in [0, 0.05) is 37.6 Å². The van der Waals surface area contributed by atoms with Crippen LogP contribution in [0.1, 0.15) is 18.5 Å². The van der Waals surface area contributed by atoms with Crippen LogP contribution in [0.2, 0.25) is 5.02 Å². The number of ether oxygens (including phenoxy) is 1. The molecule has 0 N–H and O–H groups in total. The zero-order chi connectivity index (χ0) is 22.1. The summed E-state index contributed by atoms with van der Waals surface area (Å²) in [5, 5.41) is 0.575. The number of nitrogens with zero attached hydrogens (tertiary/aromatic N) is 5. The number of likely N-dealkylation sites (N-methyl/N-ethyl adjacent to an activating group) is 1. The van der Waals surface area contributed by atoms with Gasteiger partial charge in [0.25, 0.3) is 5.56 Å². The highest BCUT2D eigenvalue weighted by Gasteiger charge is 2.37. The Bertz CT molecular complexity index is 1130. The lowest BCUT2D eigenvalue weighted by Gasteiger charge is -2.33. The molecule has 2 saturated heterocycles. The number of piperidine rings is 1. The van der Waals surface area contributed by atoms with Gasteiger partial charge in [0.05, 0.1) is 22.6 Å². The van der Waals surface area contributed by atoms with Crippen molar-refractivity contribution < 1.29 is 4.74 Å². The normalized spacial score (nSPS) is 20.9. The van der Waals surface area contributed by atoms with Crippen LogP contribution in [0.3, 0.4) is 0 Å². The topological polar surface area (TPSA) is 63.5 Å². The first-order valence-electron chi connectivity index (χ1n) is 10.9. The summed E-state index contributed by atoms with van der Waals surface area (Å²) < 4.78 is 7.27. The van der Waals surface area contributed by atoms with E-state index in [1.54, 1.807) is 41.4 Å². The molecule has 2 atom stereocenters. The van der Waals surface area contributed by atoms with E-state index in [1.807, 2.05) is 12.1 Å². The summed E-state index contributed by atoms with van der Waals surface area (Å²) in [4.78, 5) is 26.4. The molecule has 0 amide bonds. The predicted molar refractivity (Wildman–Crippen MR) is 125 cm³/mol. The maximum Gasteiger partial charge on any atom is 0.258 e. The minimum absolute atomic E-state index is 0.171. The van der Waals surface area contributed by atoms with E-state index in [1.165, 1.54) is 25.5 Å². The van der Waals surface area contributed by atoms with E-state index in [2.05, 4.69) is 26.8 Å². The molecule has 0 saturated carbocycles. The Kier molecular flexibility index (Phi) is 5.85. The number of pyridine rings is 3. The van der Waals surface area contributed by atoms with E-state index in [0.717, 1.165) is 30.3 Å². The van der Waals surface area contributed by atoms with Crippen LogP contribution >= 0.6 is 11.6 Å². The third-order valence-corrected chi connectivity index (χ3v) is 6.68. The zero-order valence-electron chi connectivity index (χ0n) is 18.0.